The maximum atomic E-state index is 13.4. The maximum absolute atomic E-state index is 13.4. The summed E-state index contributed by atoms with van der Waals surface area (Å²) in [6.07, 6.45) is 9.66. The van der Waals surface area contributed by atoms with Gasteiger partial charge in [0.2, 0.25) is 15.9 Å². The molecule has 1 aromatic heterocycles. The fourth-order valence-corrected chi connectivity index (χ4v) is 5.76. The van der Waals surface area contributed by atoms with E-state index in [4.69, 9.17) is 0 Å². The molecule has 0 unspecified atom stereocenters. The summed E-state index contributed by atoms with van der Waals surface area (Å²) in [4.78, 5) is 17.6. The van der Waals surface area contributed by atoms with E-state index in [1.54, 1.807) is 12.3 Å². The van der Waals surface area contributed by atoms with Crippen molar-refractivity contribution in [2.24, 2.45) is 11.8 Å². The van der Waals surface area contributed by atoms with E-state index in [1.807, 2.05) is 23.6 Å². The van der Waals surface area contributed by atoms with Gasteiger partial charge in [-0.25, -0.2) is 13.4 Å². The largest absolute Gasteiger partial charge is 0.301 e. The van der Waals surface area contributed by atoms with Gasteiger partial charge in [0, 0.05) is 17.3 Å². The molecule has 6 nitrogen and oxygen atoms in total. The molecule has 1 heterocycles. The molecule has 8 heteroatoms. The second-order valence-electron chi connectivity index (χ2n) is 7.93. The fraction of sp³-hybridized carbons (Fsp3) is 0.500. The van der Waals surface area contributed by atoms with E-state index in [0.717, 1.165) is 31.1 Å². The lowest BCUT2D eigenvalue weighted by Gasteiger charge is -2.26. The van der Waals surface area contributed by atoms with Gasteiger partial charge >= 0.3 is 0 Å². The number of nitrogens with zero attached hydrogens (tertiary/aromatic N) is 1. The number of aromatic nitrogens is 1. The topological polar surface area (TPSA) is 88.2 Å². The predicted molar refractivity (Wildman–Crippen MR) is 112 cm³/mol. The number of sulfonamides is 1. The molecule has 2 aliphatic carbocycles. The highest BCUT2D eigenvalue weighted by Gasteiger charge is 2.63. The van der Waals surface area contributed by atoms with E-state index in [9.17, 15) is 13.2 Å². The number of carbonyl (C=O) groups is 1. The quantitative estimate of drug-likeness (QED) is 0.741. The van der Waals surface area contributed by atoms with Crippen LogP contribution < -0.4 is 10.0 Å². The molecule has 0 aliphatic heterocycles. The molecule has 150 valence electrons. The van der Waals surface area contributed by atoms with Crippen molar-refractivity contribution in [1.82, 2.24) is 4.98 Å². The van der Waals surface area contributed by atoms with Crippen LogP contribution in [0.1, 0.15) is 44.1 Å². The zero-order chi connectivity index (χ0) is 19.8. The number of thiazole rings is 1. The van der Waals surface area contributed by atoms with E-state index in [2.05, 4.69) is 15.0 Å². The van der Waals surface area contributed by atoms with Crippen molar-refractivity contribution >= 4 is 38.1 Å². The first kappa shape index (κ1) is 19.4. The monoisotopic (exact) mass is 419 g/mol. The number of anilines is 2. The van der Waals surface area contributed by atoms with Crippen LogP contribution in [0.3, 0.4) is 0 Å². The lowest BCUT2D eigenvalue weighted by molar-refractivity contribution is -0.119. The third-order valence-electron chi connectivity index (χ3n) is 5.97. The number of benzene rings is 1. The molecule has 2 atom stereocenters. The predicted octanol–water partition coefficient (Wildman–Crippen LogP) is 3.99. The Hall–Kier alpha value is -1.93. The lowest BCUT2D eigenvalue weighted by Crippen LogP contribution is -2.32. The number of nitrogens with one attached hydrogen (secondary N) is 2. The van der Waals surface area contributed by atoms with Crippen LogP contribution in [0, 0.1) is 11.8 Å². The molecule has 0 bridgehead atoms. The van der Waals surface area contributed by atoms with E-state index < -0.39 is 15.4 Å². The van der Waals surface area contributed by atoms with Gasteiger partial charge in [-0.1, -0.05) is 44.2 Å². The minimum Gasteiger partial charge on any atom is -0.301 e. The van der Waals surface area contributed by atoms with Crippen LogP contribution in [0.25, 0.3) is 0 Å². The van der Waals surface area contributed by atoms with E-state index in [0.29, 0.717) is 22.7 Å². The van der Waals surface area contributed by atoms with Crippen LogP contribution in [-0.2, 0) is 20.2 Å². The average Bonchev–Trinajstić information content (AvgIpc) is 3.23. The van der Waals surface area contributed by atoms with Gasteiger partial charge in [-0.05, 0) is 36.0 Å². The summed E-state index contributed by atoms with van der Waals surface area (Å²) in [7, 11) is -3.37. The van der Waals surface area contributed by atoms with E-state index in [-0.39, 0.29) is 5.91 Å². The smallest absolute Gasteiger partial charge is 0.237 e. The van der Waals surface area contributed by atoms with Gasteiger partial charge in [-0.3, -0.25) is 9.52 Å². The highest BCUT2D eigenvalue weighted by Crippen LogP contribution is 2.61. The van der Waals surface area contributed by atoms with Crippen molar-refractivity contribution in [2.75, 3.05) is 16.3 Å². The average molecular weight is 420 g/mol. The van der Waals surface area contributed by atoms with Gasteiger partial charge < -0.3 is 5.32 Å². The molecule has 4 rings (SSSR count). The normalized spacial score (nSPS) is 25.2. The summed E-state index contributed by atoms with van der Waals surface area (Å²) in [5.74, 6) is 0.804. The van der Waals surface area contributed by atoms with Gasteiger partial charge in [0.05, 0.1) is 11.7 Å². The van der Waals surface area contributed by atoms with Gasteiger partial charge in [0.25, 0.3) is 0 Å². The Morgan fingerprint density at radius 1 is 1.25 bits per heavy atom. The van der Waals surface area contributed by atoms with Crippen molar-refractivity contribution in [3.05, 3.63) is 41.4 Å². The Bertz CT molecular complexity index is 953. The van der Waals surface area contributed by atoms with Crippen molar-refractivity contribution < 1.29 is 13.2 Å². The second kappa shape index (κ2) is 7.48. The Balaban J connectivity index is 1.66. The Kier molecular flexibility index (Phi) is 5.18. The lowest BCUT2D eigenvalue weighted by atomic mass is 9.80. The Labute approximate surface area is 169 Å². The minimum atomic E-state index is -3.37. The van der Waals surface area contributed by atoms with Crippen molar-refractivity contribution in [1.29, 1.82) is 0 Å². The molecule has 28 heavy (non-hydrogen) atoms. The maximum Gasteiger partial charge on any atom is 0.237 e. The third-order valence-corrected chi connectivity index (χ3v) is 7.27. The van der Waals surface area contributed by atoms with Crippen LogP contribution in [0.5, 0.6) is 0 Å². The molecule has 0 saturated heterocycles. The van der Waals surface area contributed by atoms with Crippen LogP contribution in [0.4, 0.5) is 10.8 Å². The molecule has 1 amide bonds. The number of hydrogen-bond donors (Lipinski definition) is 2. The third kappa shape index (κ3) is 3.93. The van der Waals surface area contributed by atoms with Gasteiger partial charge in [0.1, 0.15) is 0 Å². The molecule has 2 saturated carbocycles. The van der Waals surface area contributed by atoms with Crippen LogP contribution in [0.2, 0.25) is 0 Å². The molecule has 2 aliphatic rings. The molecule has 1 aromatic carbocycles. The van der Waals surface area contributed by atoms with Crippen LogP contribution >= 0.6 is 11.3 Å². The summed E-state index contributed by atoms with van der Waals surface area (Å²) in [5.41, 5.74) is 0.768. The minimum absolute atomic E-state index is 0.0328. The summed E-state index contributed by atoms with van der Waals surface area (Å²) in [5, 5.41) is 5.43. The molecule has 0 spiro atoms. The number of rotatable bonds is 6. The Morgan fingerprint density at radius 2 is 2.04 bits per heavy atom. The number of hydrogen-bond acceptors (Lipinski definition) is 5. The highest BCUT2D eigenvalue weighted by molar-refractivity contribution is 7.92. The first-order chi connectivity index (χ1) is 13.4. The zero-order valence-corrected chi connectivity index (χ0v) is 17.5. The van der Waals surface area contributed by atoms with Crippen molar-refractivity contribution in [3.63, 3.8) is 0 Å². The molecule has 2 aromatic rings. The van der Waals surface area contributed by atoms with E-state index in [1.165, 1.54) is 30.6 Å². The molecule has 2 N–H and O–H groups in total. The van der Waals surface area contributed by atoms with Crippen molar-refractivity contribution in [3.8, 4) is 0 Å². The first-order valence-corrected chi connectivity index (χ1v) is 12.4. The summed E-state index contributed by atoms with van der Waals surface area (Å²) in [6.45, 7) is 0. The van der Waals surface area contributed by atoms with Crippen LogP contribution in [-0.4, -0.2) is 25.6 Å². The van der Waals surface area contributed by atoms with Gasteiger partial charge in [-0.2, -0.15) is 0 Å². The zero-order valence-electron chi connectivity index (χ0n) is 15.8. The summed E-state index contributed by atoms with van der Waals surface area (Å²) in [6, 6.07) is 7.29. The summed E-state index contributed by atoms with van der Waals surface area (Å²) < 4.78 is 25.8. The standard InChI is InChI=1S/C20H25N3O3S2/c1-28(25,26)23-16-9-5-8-15(12-16)20(18(24)22-19-21-10-11-27-19)13-17(20)14-6-3-2-4-7-14/h5,8-12,14,17,23H,2-4,6-7,13H2,1H3,(H,21,22,24)/t17-,20-/m0/s1. The highest BCUT2D eigenvalue weighted by atomic mass is 32.2. The first-order valence-electron chi connectivity index (χ1n) is 9.68. The van der Waals surface area contributed by atoms with E-state index >= 15 is 0 Å². The number of carbonyl (C=O) groups excluding carboxylic acids is 1. The number of amides is 1. The van der Waals surface area contributed by atoms with Gasteiger partial charge in [-0.15, -0.1) is 11.3 Å². The molecule has 0 radical (unpaired) electrons. The molecule has 2 fully saturated rings. The SMILES string of the molecule is CS(=O)(=O)Nc1cccc([C@@]2(C(=O)Nc3nccs3)C[C@H]2C2CCCCC2)c1. The second-order valence-corrected chi connectivity index (χ2v) is 10.6. The summed E-state index contributed by atoms with van der Waals surface area (Å²) >= 11 is 1.40. The fourth-order valence-electron chi connectivity index (χ4n) is 4.69. The molecular weight excluding hydrogens is 394 g/mol. The van der Waals surface area contributed by atoms with Gasteiger partial charge in [0.15, 0.2) is 5.13 Å². The van der Waals surface area contributed by atoms with Crippen LogP contribution in [0.15, 0.2) is 35.8 Å². The van der Waals surface area contributed by atoms with Crippen molar-refractivity contribution in [2.45, 2.75) is 43.9 Å². The Morgan fingerprint density at radius 3 is 2.71 bits per heavy atom. The molecular formula is C20H25N3O3S2.